The summed E-state index contributed by atoms with van der Waals surface area (Å²) in [4.78, 5) is 4.08. The molecule has 0 spiro atoms. The van der Waals surface area contributed by atoms with E-state index >= 15 is 0 Å². The first kappa shape index (κ1) is 25.1. The summed E-state index contributed by atoms with van der Waals surface area (Å²) in [5, 5.41) is -5.87. The van der Waals surface area contributed by atoms with Gasteiger partial charge in [-0.2, -0.15) is 17.6 Å². The molecule has 3 nitrogen and oxygen atoms in total. The molecule has 0 aromatic heterocycles. The highest BCUT2D eigenvalue weighted by Gasteiger charge is 2.76. The van der Waals surface area contributed by atoms with Gasteiger partial charge in [0.05, 0.1) is 10.9 Å². The Morgan fingerprint density at radius 1 is 0.636 bits per heavy atom. The summed E-state index contributed by atoms with van der Waals surface area (Å²) in [6, 6.07) is 32.2. The van der Waals surface area contributed by atoms with E-state index in [1.54, 1.807) is 0 Å². The Balaban J connectivity index is 0.000000196. The lowest BCUT2D eigenvalue weighted by Gasteiger charge is -2.43. The molecular formula is C22H17F6NO2S2. The highest BCUT2D eigenvalue weighted by Crippen LogP contribution is 2.53. The van der Waals surface area contributed by atoms with Crippen LogP contribution in [0.1, 0.15) is 0 Å². The molecule has 0 amide bonds. The van der Waals surface area contributed by atoms with Crippen molar-refractivity contribution >= 4 is 20.9 Å². The summed E-state index contributed by atoms with van der Waals surface area (Å²) >= 11 is 0. The standard InChI is InChI=1S/C18H15S.C4H2F6NO2S/c1-4-10-16(11-5-1)19(17-12-6-2-7-13-17)18-14-8-3-9-15-18;5-2(6)1-11-14(12,13)4(9,10)3(2,7)8/h1-15H;1H2/q+1;-1. The molecule has 3 aromatic rings. The van der Waals surface area contributed by atoms with E-state index in [2.05, 4.69) is 91.0 Å². The maximum absolute atomic E-state index is 12.3. The van der Waals surface area contributed by atoms with Crippen LogP contribution in [0.5, 0.6) is 0 Å². The maximum Gasteiger partial charge on any atom is 0.397 e. The smallest absolute Gasteiger partial charge is 0.397 e. The Labute approximate surface area is 189 Å². The monoisotopic (exact) mass is 505 g/mol. The van der Waals surface area contributed by atoms with Gasteiger partial charge in [0.2, 0.25) is 0 Å². The number of hydrogen-bond acceptors (Lipinski definition) is 2. The Hall–Kier alpha value is -2.50. The maximum atomic E-state index is 12.3. The van der Waals surface area contributed by atoms with Gasteiger partial charge in [0.15, 0.2) is 14.7 Å². The van der Waals surface area contributed by atoms with E-state index in [0.717, 1.165) is 0 Å². The summed E-state index contributed by atoms with van der Waals surface area (Å²) in [5.41, 5.74) is 0. The van der Waals surface area contributed by atoms with Crippen molar-refractivity contribution in [1.82, 2.24) is 0 Å². The molecule has 33 heavy (non-hydrogen) atoms. The zero-order valence-corrected chi connectivity index (χ0v) is 18.3. The third kappa shape index (κ3) is 4.90. The molecule has 0 radical (unpaired) electrons. The zero-order chi connectivity index (χ0) is 24.3. The summed E-state index contributed by atoms with van der Waals surface area (Å²) in [5.74, 6) is -11.1. The third-order valence-electron chi connectivity index (χ3n) is 4.52. The number of benzene rings is 3. The van der Waals surface area contributed by atoms with Crippen LogP contribution in [-0.2, 0) is 20.9 Å². The largest absolute Gasteiger partial charge is 0.539 e. The average molecular weight is 506 g/mol. The Morgan fingerprint density at radius 2 is 0.970 bits per heavy atom. The fourth-order valence-corrected chi connectivity index (χ4v) is 5.87. The van der Waals surface area contributed by atoms with Gasteiger partial charge in [-0.15, -0.1) is 0 Å². The second kappa shape index (κ2) is 9.40. The van der Waals surface area contributed by atoms with Crippen LogP contribution in [0.3, 0.4) is 0 Å². The predicted molar refractivity (Wildman–Crippen MR) is 113 cm³/mol. The quantitative estimate of drug-likeness (QED) is 0.308. The number of rotatable bonds is 3. The second-order valence-electron chi connectivity index (χ2n) is 6.80. The summed E-state index contributed by atoms with van der Waals surface area (Å²) in [6.07, 6.45) is 0. The van der Waals surface area contributed by atoms with Gasteiger partial charge in [-0.05, 0) is 36.4 Å². The Kier molecular flexibility index (Phi) is 7.15. The molecule has 11 heteroatoms. The van der Waals surface area contributed by atoms with E-state index in [9.17, 15) is 34.8 Å². The Bertz CT molecular complexity index is 1070. The molecule has 1 fully saturated rings. The summed E-state index contributed by atoms with van der Waals surface area (Å²) in [6.45, 7) is -2.17. The predicted octanol–water partition coefficient (Wildman–Crippen LogP) is 6.35. The van der Waals surface area contributed by atoms with E-state index < -0.39 is 33.7 Å². The number of halogens is 6. The van der Waals surface area contributed by atoms with Gasteiger partial charge >= 0.3 is 11.2 Å². The number of alkyl halides is 6. The third-order valence-corrected chi connectivity index (χ3v) is 8.12. The van der Waals surface area contributed by atoms with E-state index in [0.29, 0.717) is 0 Å². The zero-order valence-electron chi connectivity index (χ0n) is 16.7. The van der Waals surface area contributed by atoms with E-state index in [4.69, 9.17) is 0 Å². The molecule has 0 saturated carbocycles. The molecule has 0 bridgehead atoms. The van der Waals surface area contributed by atoms with Crippen molar-refractivity contribution in [2.24, 2.45) is 0 Å². The van der Waals surface area contributed by atoms with E-state index in [-0.39, 0.29) is 10.9 Å². The first-order valence-electron chi connectivity index (χ1n) is 9.37. The van der Waals surface area contributed by atoms with Crippen molar-refractivity contribution < 1.29 is 34.8 Å². The van der Waals surface area contributed by atoms with Gasteiger partial charge in [-0.3, -0.25) is 0 Å². The topological polar surface area (TPSA) is 48.2 Å². The molecule has 1 aliphatic heterocycles. The molecule has 1 aliphatic rings. The van der Waals surface area contributed by atoms with Crippen molar-refractivity contribution in [2.75, 3.05) is 6.54 Å². The van der Waals surface area contributed by atoms with Crippen molar-refractivity contribution in [3.8, 4) is 0 Å². The van der Waals surface area contributed by atoms with Crippen molar-refractivity contribution in [3.63, 3.8) is 0 Å². The normalized spacial score (nSPS) is 19.8. The van der Waals surface area contributed by atoms with Crippen molar-refractivity contribution in [3.05, 3.63) is 95.7 Å². The van der Waals surface area contributed by atoms with Gasteiger partial charge in [-0.1, -0.05) is 61.1 Å². The lowest BCUT2D eigenvalue weighted by Crippen LogP contribution is -2.62. The minimum Gasteiger partial charge on any atom is -0.539 e. The first-order chi connectivity index (χ1) is 15.4. The number of nitrogens with zero attached hydrogens (tertiary/aromatic N) is 1. The highest BCUT2D eigenvalue weighted by atomic mass is 32.2. The second-order valence-corrected chi connectivity index (χ2v) is 10.6. The first-order valence-corrected chi connectivity index (χ1v) is 12.0. The van der Waals surface area contributed by atoms with E-state index in [1.165, 1.54) is 14.7 Å². The molecule has 0 unspecified atom stereocenters. The highest BCUT2D eigenvalue weighted by molar-refractivity contribution is 7.97. The minimum absolute atomic E-state index is 0.0146. The molecule has 1 saturated heterocycles. The number of hydrogen-bond donors (Lipinski definition) is 0. The molecule has 1 heterocycles. The summed E-state index contributed by atoms with van der Waals surface area (Å²) in [7, 11) is -5.89. The molecular weight excluding hydrogens is 488 g/mol. The van der Waals surface area contributed by atoms with Gasteiger partial charge < -0.3 is 4.72 Å². The van der Waals surface area contributed by atoms with Crippen LogP contribution >= 0.6 is 0 Å². The SMILES string of the molecule is O=S1(=O)[N-]CC(F)(F)C(F)(F)C1(F)F.c1ccc([S+](c2ccccc2)c2ccccc2)cc1. The van der Waals surface area contributed by atoms with Crippen LogP contribution in [0.25, 0.3) is 4.72 Å². The van der Waals surface area contributed by atoms with E-state index in [1.807, 2.05) is 4.72 Å². The van der Waals surface area contributed by atoms with Crippen LogP contribution in [0.2, 0.25) is 0 Å². The van der Waals surface area contributed by atoms with Crippen LogP contribution in [0.15, 0.2) is 106 Å². The van der Waals surface area contributed by atoms with Crippen LogP contribution in [0, 0.1) is 0 Å². The lowest BCUT2D eigenvalue weighted by molar-refractivity contribution is -0.276. The molecule has 0 aliphatic carbocycles. The lowest BCUT2D eigenvalue weighted by atomic mass is 10.2. The minimum atomic E-state index is -5.94. The Morgan fingerprint density at radius 3 is 1.27 bits per heavy atom. The van der Waals surface area contributed by atoms with Crippen molar-refractivity contribution in [2.45, 2.75) is 31.8 Å². The van der Waals surface area contributed by atoms with Gasteiger partial charge in [-0.25, -0.2) is 17.2 Å². The van der Waals surface area contributed by atoms with Crippen LogP contribution < -0.4 is 0 Å². The molecule has 176 valence electrons. The fraction of sp³-hybridized carbons (Fsp3) is 0.182. The molecule has 0 atom stereocenters. The molecule has 3 aromatic carbocycles. The van der Waals surface area contributed by atoms with Gasteiger partial charge in [0, 0.05) is 0 Å². The van der Waals surface area contributed by atoms with Gasteiger partial charge in [0.1, 0.15) is 10.0 Å². The average Bonchev–Trinajstić information content (AvgIpc) is 2.80. The number of sulfonamides is 1. The fourth-order valence-electron chi connectivity index (χ4n) is 2.80. The van der Waals surface area contributed by atoms with Crippen LogP contribution in [0.4, 0.5) is 26.3 Å². The molecule has 0 N–H and O–H groups in total. The van der Waals surface area contributed by atoms with Gasteiger partial charge in [0.25, 0.3) is 5.92 Å². The molecule has 4 rings (SSSR count). The summed E-state index contributed by atoms with van der Waals surface area (Å²) < 4.78 is 96.2. The van der Waals surface area contributed by atoms with Crippen LogP contribution in [-0.4, -0.2) is 32.1 Å². The van der Waals surface area contributed by atoms with Crippen molar-refractivity contribution in [1.29, 1.82) is 0 Å².